The molecule has 1 saturated carbocycles. The lowest BCUT2D eigenvalue weighted by atomic mass is 9.85. The Morgan fingerprint density at radius 3 is 2.59 bits per heavy atom. The molecule has 7 heteroatoms. The number of alkyl carbamates (subject to hydrolysis) is 1. The van der Waals surface area contributed by atoms with Crippen LogP contribution < -0.4 is 5.32 Å². The van der Waals surface area contributed by atoms with Crippen LogP contribution in [0.4, 0.5) is 4.79 Å². The van der Waals surface area contributed by atoms with E-state index in [1.807, 2.05) is 20.8 Å². The van der Waals surface area contributed by atoms with Gasteiger partial charge in [0.15, 0.2) is 5.79 Å². The van der Waals surface area contributed by atoms with Crippen LogP contribution in [0.15, 0.2) is 0 Å². The summed E-state index contributed by atoms with van der Waals surface area (Å²) in [5, 5.41) is 3.04. The van der Waals surface area contributed by atoms with Crippen molar-refractivity contribution in [3.8, 4) is 0 Å². The standard InChI is InChI=1S/C22H37NO6/c1-5-6-7-9-22(26-11-12-27-22)10-8-15-16-13-19(24)28-18(16)14-17(15)23-20(25)29-21(2,3)4/h15-18H,5-14H2,1-4H3,(H,23,25)/t15-,16-,17-,18?/m1/s1. The number of nitrogens with one attached hydrogen (secondary N) is 1. The Labute approximate surface area is 174 Å². The van der Waals surface area contributed by atoms with Crippen molar-refractivity contribution in [1.82, 2.24) is 5.32 Å². The van der Waals surface area contributed by atoms with Gasteiger partial charge < -0.3 is 24.3 Å². The number of hydrogen-bond donors (Lipinski definition) is 1. The monoisotopic (exact) mass is 411 g/mol. The summed E-state index contributed by atoms with van der Waals surface area (Å²) in [4.78, 5) is 24.2. The van der Waals surface area contributed by atoms with E-state index in [-0.39, 0.29) is 30.0 Å². The summed E-state index contributed by atoms with van der Waals surface area (Å²) in [6, 6.07) is -0.0676. The van der Waals surface area contributed by atoms with Gasteiger partial charge in [0.2, 0.25) is 0 Å². The molecule has 0 aromatic rings. The van der Waals surface area contributed by atoms with Crippen LogP contribution in [0.1, 0.15) is 79.1 Å². The maximum absolute atomic E-state index is 12.4. The highest BCUT2D eigenvalue weighted by Gasteiger charge is 2.51. The zero-order chi connectivity index (χ0) is 21.1. The number of esters is 1. The van der Waals surface area contributed by atoms with E-state index in [4.69, 9.17) is 18.9 Å². The van der Waals surface area contributed by atoms with Crippen LogP contribution in [0, 0.1) is 11.8 Å². The number of rotatable bonds is 8. The third kappa shape index (κ3) is 5.85. The minimum absolute atomic E-state index is 0.0676. The summed E-state index contributed by atoms with van der Waals surface area (Å²) in [5.41, 5.74) is -0.546. The van der Waals surface area contributed by atoms with Gasteiger partial charge in [0.05, 0.1) is 19.6 Å². The quantitative estimate of drug-likeness (QED) is 0.481. The fourth-order valence-corrected chi connectivity index (χ4v) is 4.98. The number of hydrogen-bond acceptors (Lipinski definition) is 6. The van der Waals surface area contributed by atoms with Crippen LogP contribution in [0.2, 0.25) is 0 Å². The van der Waals surface area contributed by atoms with E-state index in [0.29, 0.717) is 26.1 Å². The van der Waals surface area contributed by atoms with Gasteiger partial charge in [0.1, 0.15) is 11.7 Å². The van der Waals surface area contributed by atoms with Gasteiger partial charge in [0, 0.05) is 31.2 Å². The molecule has 0 radical (unpaired) electrons. The molecule has 7 nitrogen and oxygen atoms in total. The summed E-state index contributed by atoms with van der Waals surface area (Å²) in [6.07, 6.45) is 6.42. The molecule has 0 spiro atoms. The highest BCUT2D eigenvalue weighted by molar-refractivity contribution is 5.73. The molecule has 2 heterocycles. The van der Waals surface area contributed by atoms with Crippen molar-refractivity contribution in [1.29, 1.82) is 0 Å². The predicted octanol–water partition coefficient (Wildman–Crippen LogP) is 3.93. The van der Waals surface area contributed by atoms with E-state index in [0.717, 1.165) is 38.5 Å². The summed E-state index contributed by atoms with van der Waals surface area (Å²) in [5.74, 6) is -0.370. The first kappa shape index (κ1) is 22.3. The van der Waals surface area contributed by atoms with Gasteiger partial charge in [-0.05, 0) is 39.5 Å². The first-order chi connectivity index (χ1) is 13.7. The van der Waals surface area contributed by atoms with Crippen molar-refractivity contribution < 1.29 is 28.5 Å². The molecular formula is C22H37NO6. The van der Waals surface area contributed by atoms with Crippen LogP contribution in [0.25, 0.3) is 0 Å². The van der Waals surface area contributed by atoms with E-state index in [1.165, 1.54) is 0 Å². The Morgan fingerprint density at radius 2 is 1.93 bits per heavy atom. The first-order valence-corrected chi connectivity index (χ1v) is 11.2. The molecule has 1 amide bonds. The molecule has 3 fully saturated rings. The molecule has 3 rings (SSSR count). The lowest BCUT2D eigenvalue weighted by molar-refractivity contribution is -0.170. The Morgan fingerprint density at radius 1 is 1.21 bits per heavy atom. The van der Waals surface area contributed by atoms with E-state index in [1.54, 1.807) is 0 Å². The van der Waals surface area contributed by atoms with Crippen molar-refractivity contribution in [2.24, 2.45) is 11.8 Å². The van der Waals surface area contributed by atoms with Gasteiger partial charge in [-0.25, -0.2) is 4.79 Å². The third-order valence-electron chi connectivity index (χ3n) is 6.25. The second-order valence-corrected chi connectivity index (χ2v) is 9.65. The average molecular weight is 412 g/mol. The summed E-state index contributed by atoms with van der Waals surface area (Å²) in [7, 11) is 0. The minimum atomic E-state index is -0.546. The van der Waals surface area contributed by atoms with Crippen molar-refractivity contribution in [2.45, 2.75) is 103 Å². The SMILES string of the molecule is CCCCCC1(CC[C@H]2[C@H](NC(=O)OC(C)(C)C)CC3OC(=O)C[C@@H]32)OCCO1. The highest BCUT2D eigenvalue weighted by atomic mass is 16.7. The summed E-state index contributed by atoms with van der Waals surface area (Å²) in [6.45, 7) is 9.00. The molecule has 0 aromatic heterocycles. The Bertz CT molecular complexity index is 580. The van der Waals surface area contributed by atoms with Crippen molar-refractivity contribution >= 4 is 12.1 Å². The van der Waals surface area contributed by atoms with Crippen LogP contribution in [0.3, 0.4) is 0 Å². The van der Waals surface area contributed by atoms with Gasteiger partial charge >= 0.3 is 12.1 Å². The summed E-state index contributed by atoms with van der Waals surface area (Å²) < 4.78 is 23.0. The number of carbonyl (C=O) groups is 2. The van der Waals surface area contributed by atoms with Crippen LogP contribution in [-0.4, -0.2) is 48.8 Å². The second kappa shape index (κ2) is 9.21. The molecule has 0 aromatic carbocycles. The van der Waals surface area contributed by atoms with Gasteiger partial charge in [-0.15, -0.1) is 0 Å². The lowest BCUT2D eigenvalue weighted by Crippen LogP contribution is -2.42. The molecule has 1 unspecified atom stereocenters. The first-order valence-electron chi connectivity index (χ1n) is 11.2. The molecular weight excluding hydrogens is 374 g/mol. The fourth-order valence-electron chi connectivity index (χ4n) is 4.98. The zero-order valence-corrected chi connectivity index (χ0v) is 18.3. The van der Waals surface area contributed by atoms with Crippen LogP contribution in [0.5, 0.6) is 0 Å². The van der Waals surface area contributed by atoms with E-state index in [2.05, 4.69) is 12.2 Å². The van der Waals surface area contributed by atoms with Gasteiger partial charge in [-0.3, -0.25) is 4.79 Å². The predicted molar refractivity (Wildman–Crippen MR) is 107 cm³/mol. The number of carbonyl (C=O) groups excluding carboxylic acids is 2. The van der Waals surface area contributed by atoms with Gasteiger partial charge in [-0.1, -0.05) is 19.8 Å². The van der Waals surface area contributed by atoms with Crippen molar-refractivity contribution in [3.63, 3.8) is 0 Å². The largest absolute Gasteiger partial charge is 0.462 e. The minimum Gasteiger partial charge on any atom is -0.462 e. The molecule has 2 aliphatic heterocycles. The molecule has 3 aliphatic rings. The number of unbranched alkanes of at least 4 members (excludes halogenated alkanes) is 2. The lowest BCUT2D eigenvalue weighted by Gasteiger charge is -2.31. The fraction of sp³-hybridized carbons (Fsp3) is 0.909. The van der Waals surface area contributed by atoms with E-state index < -0.39 is 17.5 Å². The zero-order valence-electron chi connectivity index (χ0n) is 18.3. The molecule has 0 bridgehead atoms. The van der Waals surface area contributed by atoms with Crippen LogP contribution in [-0.2, 0) is 23.7 Å². The number of amides is 1. The van der Waals surface area contributed by atoms with Gasteiger partial charge in [-0.2, -0.15) is 0 Å². The number of ether oxygens (including phenoxy) is 4. The normalized spacial score (nSPS) is 30.8. The van der Waals surface area contributed by atoms with E-state index in [9.17, 15) is 9.59 Å². The second-order valence-electron chi connectivity index (χ2n) is 9.65. The van der Waals surface area contributed by atoms with Gasteiger partial charge in [0.25, 0.3) is 0 Å². The number of fused-ring (bicyclic) bond motifs is 1. The Balaban J connectivity index is 1.64. The third-order valence-corrected chi connectivity index (χ3v) is 6.25. The summed E-state index contributed by atoms with van der Waals surface area (Å²) >= 11 is 0. The molecule has 1 aliphatic carbocycles. The van der Waals surface area contributed by atoms with Crippen molar-refractivity contribution in [2.75, 3.05) is 13.2 Å². The maximum Gasteiger partial charge on any atom is 0.407 e. The van der Waals surface area contributed by atoms with Crippen molar-refractivity contribution in [3.05, 3.63) is 0 Å². The molecule has 1 N–H and O–H groups in total. The average Bonchev–Trinajstić information content (AvgIpc) is 3.27. The Hall–Kier alpha value is -1.34. The highest BCUT2D eigenvalue weighted by Crippen LogP contribution is 2.45. The van der Waals surface area contributed by atoms with Crippen LogP contribution >= 0.6 is 0 Å². The molecule has 4 atom stereocenters. The van der Waals surface area contributed by atoms with E-state index >= 15 is 0 Å². The molecule has 29 heavy (non-hydrogen) atoms. The topological polar surface area (TPSA) is 83.1 Å². The Kier molecular flexibility index (Phi) is 7.10. The smallest absolute Gasteiger partial charge is 0.407 e. The maximum atomic E-state index is 12.4. The molecule has 166 valence electrons. The molecule has 2 saturated heterocycles.